The molecule has 0 radical (unpaired) electrons. The van der Waals surface area contributed by atoms with Crippen LogP contribution in [-0.4, -0.2) is 20.5 Å². The lowest BCUT2D eigenvalue weighted by molar-refractivity contribution is 0.0945. The van der Waals surface area contributed by atoms with Gasteiger partial charge in [0.1, 0.15) is 12.4 Å². The highest BCUT2D eigenvalue weighted by atomic mass is 35.5. The summed E-state index contributed by atoms with van der Waals surface area (Å²) in [5.74, 6) is 0.934. The molecule has 0 fully saturated rings. The maximum absolute atomic E-state index is 12.7. The summed E-state index contributed by atoms with van der Waals surface area (Å²) in [6.45, 7) is 0.603. The monoisotopic (exact) mass is 392 g/mol. The van der Waals surface area contributed by atoms with Crippen LogP contribution in [0.25, 0.3) is 5.65 Å². The molecule has 0 saturated heterocycles. The normalized spacial score (nSPS) is 10.8. The van der Waals surface area contributed by atoms with Gasteiger partial charge in [-0.1, -0.05) is 41.9 Å². The molecule has 0 aliphatic heterocycles. The number of halogens is 1. The average molecular weight is 393 g/mol. The van der Waals surface area contributed by atoms with Gasteiger partial charge in [-0.3, -0.25) is 9.20 Å². The number of pyridine rings is 1. The van der Waals surface area contributed by atoms with Crippen LogP contribution in [0.1, 0.15) is 21.7 Å². The number of benzene rings is 2. The first-order chi connectivity index (χ1) is 13.7. The molecule has 140 valence electrons. The van der Waals surface area contributed by atoms with Gasteiger partial charge in [-0.25, -0.2) is 0 Å². The van der Waals surface area contributed by atoms with Crippen molar-refractivity contribution in [2.24, 2.45) is 0 Å². The lowest BCUT2D eigenvalue weighted by Crippen LogP contribution is -2.24. The van der Waals surface area contributed by atoms with E-state index in [1.54, 1.807) is 18.2 Å². The second-order valence-corrected chi connectivity index (χ2v) is 6.58. The minimum Gasteiger partial charge on any atom is -0.488 e. The molecule has 7 heteroatoms. The molecule has 0 spiro atoms. The van der Waals surface area contributed by atoms with Crippen molar-refractivity contribution in [1.82, 2.24) is 19.9 Å². The number of ether oxygens (including phenoxy) is 1. The van der Waals surface area contributed by atoms with E-state index in [2.05, 4.69) is 15.5 Å². The van der Waals surface area contributed by atoms with Crippen molar-refractivity contribution in [3.63, 3.8) is 0 Å². The van der Waals surface area contributed by atoms with Crippen LogP contribution < -0.4 is 10.1 Å². The number of hydrogen-bond donors (Lipinski definition) is 1. The quantitative estimate of drug-likeness (QED) is 0.540. The summed E-state index contributed by atoms with van der Waals surface area (Å²) in [6, 6.07) is 20.2. The topological polar surface area (TPSA) is 68.5 Å². The third-order valence-corrected chi connectivity index (χ3v) is 4.48. The lowest BCUT2D eigenvalue weighted by Gasteiger charge is -2.11. The third-order valence-electron chi connectivity index (χ3n) is 4.23. The van der Waals surface area contributed by atoms with Crippen molar-refractivity contribution in [3.05, 3.63) is 94.9 Å². The van der Waals surface area contributed by atoms with E-state index in [0.29, 0.717) is 28.8 Å². The molecule has 28 heavy (non-hydrogen) atoms. The van der Waals surface area contributed by atoms with Gasteiger partial charge < -0.3 is 10.1 Å². The Hall–Kier alpha value is -3.38. The first-order valence-corrected chi connectivity index (χ1v) is 9.11. The predicted molar refractivity (Wildman–Crippen MR) is 106 cm³/mol. The van der Waals surface area contributed by atoms with Crippen molar-refractivity contribution < 1.29 is 9.53 Å². The van der Waals surface area contributed by atoms with E-state index in [1.165, 1.54) is 0 Å². The van der Waals surface area contributed by atoms with Crippen LogP contribution in [0.3, 0.4) is 0 Å². The summed E-state index contributed by atoms with van der Waals surface area (Å²) < 4.78 is 7.69. The smallest absolute Gasteiger partial charge is 0.255 e. The lowest BCUT2D eigenvalue weighted by atomic mass is 10.2. The van der Waals surface area contributed by atoms with Crippen molar-refractivity contribution >= 4 is 23.2 Å². The number of hydrogen-bond acceptors (Lipinski definition) is 4. The molecular weight excluding hydrogens is 376 g/mol. The Labute approximate surface area is 166 Å². The number of rotatable bonds is 6. The zero-order valence-corrected chi connectivity index (χ0v) is 15.6. The van der Waals surface area contributed by atoms with Crippen molar-refractivity contribution in [2.45, 2.75) is 13.2 Å². The molecule has 1 amide bonds. The van der Waals surface area contributed by atoms with Gasteiger partial charge in [0.15, 0.2) is 11.5 Å². The molecule has 0 bridgehead atoms. The van der Waals surface area contributed by atoms with Gasteiger partial charge in [0.25, 0.3) is 5.91 Å². The first-order valence-electron chi connectivity index (χ1n) is 8.74. The molecule has 0 atom stereocenters. The first kappa shape index (κ1) is 18.0. The standard InChI is InChI=1S/C21H17ClN4O2/c22-16-10-8-15(9-11-16)14-28-18-6-2-1-5-17(18)21(27)23-13-20-25-24-19-7-3-4-12-26(19)20/h1-12H,13-14H2,(H,23,27). The molecule has 6 nitrogen and oxygen atoms in total. The Bertz CT molecular complexity index is 1110. The zero-order valence-electron chi connectivity index (χ0n) is 14.9. The fraction of sp³-hybridized carbons (Fsp3) is 0.0952. The van der Waals surface area contributed by atoms with Gasteiger partial charge in [0, 0.05) is 11.2 Å². The van der Waals surface area contributed by atoms with Crippen molar-refractivity contribution in [3.8, 4) is 5.75 Å². The van der Waals surface area contributed by atoms with Gasteiger partial charge >= 0.3 is 0 Å². The summed E-state index contributed by atoms with van der Waals surface area (Å²) in [7, 11) is 0. The number of nitrogens with one attached hydrogen (secondary N) is 1. The van der Waals surface area contributed by atoms with Crippen LogP contribution in [-0.2, 0) is 13.2 Å². The summed E-state index contributed by atoms with van der Waals surface area (Å²) in [5.41, 5.74) is 2.17. The van der Waals surface area contributed by atoms with Crippen LogP contribution in [0.2, 0.25) is 5.02 Å². The molecule has 2 aromatic heterocycles. The minimum absolute atomic E-state index is 0.237. The number of para-hydroxylation sites is 1. The molecule has 0 saturated carbocycles. The number of aromatic nitrogens is 3. The fourth-order valence-corrected chi connectivity index (χ4v) is 2.91. The van der Waals surface area contributed by atoms with Gasteiger partial charge in [-0.15, -0.1) is 10.2 Å². The highest BCUT2D eigenvalue weighted by Crippen LogP contribution is 2.20. The molecule has 2 heterocycles. The number of carbonyl (C=O) groups excluding carboxylic acids is 1. The molecule has 0 unspecified atom stereocenters. The maximum atomic E-state index is 12.7. The second kappa shape index (κ2) is 8.10. The number of nitrogens with zero attached hydrogens (tertiary/aromatic N) is 3. The van der Waals surface area contributed by atoms with Gasteiger partial charge in [-0.05, 0) is 42.0 Å². The predicted octanol–water partition coefficient (Wildman–Crippen LogP) is 3.89. The molecular formula is C21H17ClN4O2. The van der Waals surface area contributed by atoms with E-state index in [1.807, 2.05) is 59.1 Å². The Morgan fingerprint density at radius 3 is 2.64 bits per heavy atom. The van der Waals surface area contributed by atoms with Crippen molar-refractivity contribution in [2.75, 3.05) is 0 Å². The van der Waals surface area contributed by atoms with E-state index in [0.717, 1.165) is 11.2 Å². The number of fused-ring (bicyclic) bond motifs is 1. The number of amides is 1. The van der Waals surface area contributed by atoms with Crippen molar-refractivity contribution in [1.29, 1.82) is 0 Å². The zero-order chi connectivity index (χ0) is 19.3. The second-order valence-electron chi connectivity index (χ2n) is 6.14. The maximum Gasteiger partial charge on any atom is 0.255 e. The summed E-state index contributed by atoms with van der Waals surface area (Å²) >= 11 is 5.90. The largest absolute Gasteiger partial charge is 0.488 e. The Balaban J connectivity index is 1.44. The Morgan fingerprint density at radius 1 is 1.00 bits per heavy atom. The summed E-state index contributed by atoms with van der Waals surface area (Å²) in [6.07, 6.45) is 1.86. The SMILES string of the molecule is O=C(NCc1nnc2ccccn12)c1ccccc1OCc1ccc(Cl)cc1. The van der Waals surface area contributed by atoms with Gasteiger partial charge in [0.05, 0.1) is 12.1 Å². The van der Waals surface area contributed by atoms with E-state index >= 15 is 0 Å². The molecule has 0 aliphatic rings. The average Bonchev–Trinajstić information content (AvgIpc) is 3.15. The summed E-state index contributed by atoms with van der Waals surface area (Å²) in [4.78, 5) is 12.7. The Kier molecular flexibility index (Phi) is 5.21. The molecule has 0 aliphatic carbocycles. The highest BCUT2D eigenvalue weighted by molar-refractivity contribution is 6.30. The molecule has 4 aromatic rings. The highest BCUT2D eigenvalue weighted by Gasteiger charge is 2.13. The van der Waals surface area contributed by atoms with Crippen LogP contribution in [0, 0.1) is 0 Å². The van der Waals surface area contributed by atoms with E-state index < -0.39 is 0 Å². The molecule has 2 aromatic carbocycles. The molecule has 4 rings (SSSR count). The van der Waals surface area contributed by atoms with Crippen LogP contribution in [0.4, 0.5) is 0 Å². The Morgan fingerprint density at radius 2 is 1.79 bits per heavy atom. The van der Waals surface area contributed by atoms with Crippen LogP contribution in [0.5, 0.6) is 5.75 Å². The van der Waals surface area contributed by atoms with Crippen LogP contribution in [0.15, 0.2) is 72.9 Å². The van der Waals surface area contributed by atoms with Gasteiger partial charge in [-0.2, -0.15) is 0 Å². The molecule has 1 N–H and O–H groups in total. The summed E-state index contributed by atoms with van der Waals surface area (Å²) in [5, 5.41) is 11.8. The number of carbonyl (C=O) groups is 1. The third kappa shape index (κ3) is 3.97. The van der Waals surface area contributed by atoms with E-state index in [9.17, 15) is 4.79 Å². The van der Waals surface area contributed by atoms with E-state index in [4.69, 9.17) is 16.3 Å². The van der Waals surface area contributed by atoms with Crippen LogP contribution >= 0.6 is 11.6 Å². The van der Waals surface area contributed by atoms with E-state index in [-0.39, 0.29) is 12.5 Å². The minimum atomic E-state index is -0.237. The van der Waals surface area contributed by atoms with Gasteiger partial charge in [0.2, 0.25) is 0 Å². The fourth-order valence-electron chi connectivity index (χ4n) is 2.79.